The summed E-state index contributed by atoms with van der Waals surface area (Å²) in [5, 5.41) is 0. The molecule has 4 heteroatoms. The summed E-state index contributed by atoms with van der Waals surface area (Å²) in [5.41, 5.74) is 7.16. The van der Waals surface area contributed by atoms with E-state index in [-0.39, 0.29) is 11.9 Å². The van der Waals surface area contributed by atoms with Crippen molar-refractivity contribution in [3.8, 4) is 0 Å². The zero-order chi connectivity index (χ0) is 14.0. The molecule has 0 amide bonds. The first-order valence-electron chi connectivity index (χ1n) is 6.01. The van der Waals surface area contributed by atoms with Gasteiger partial charge < -0.3 is 0 Å². The average Bonchev–Trinajstić information content (AvgIpc) is 2.34. The Morgan fingerprint density at radius 2 is 1.79 bits per heavy atom. The lowest BCUT2D eigenvalue weighted by molar-refractivity contribution is 0.611. The van der Waals surface area contributed by atoms with Crippen molar-refractivity contribution in [2.45, 2.75) is 19.9 Å². The molecule has 0 heterocycles. The molecule has 2 aromatic rings. The Balaban J connectivity index is 2.50. The van der Waals surface area contributed by atoms with E-state index in [1.54, 1.807) is 6.07 Å². The first-order chi connectivity index (χ1) is 9.02. The highest BCUT2D eigenvalue weighted by Gasteiger charge is 2.17. The monoisotopic (exact) mass is 322 g/mol. The molecule has 0 aliphatic rings. The van der Waals surface area contributed by atoms with Crippen LogP contribution in [-0.4, -0.2) is 0 Å². The van der Waals surface area contributed by atoms with Gasteiger partial charge in [0, 0.05) is 4.47 Å². The Bertz CT molecular complexity index is 547. The van der Waals surface area contributed by atoms with E-state index in [1.807, 2.05) is 19.1 Å². The van der Waals surface area contributed by atoms with Crippen LogP contribution in [0.3, 0.4) is 0 Å². The number of nitrogens with two attached hydrogens (primary N) is 1. The van der Waals surface area contributed by atoms with Crippen molar-refractivity contribution in [2.75, 3.05) is 0 Å². The Labute approximate surface area is 120 Å². The highest BCUT2D eigenvalue weighted by molar-refractivity contribution is 9.10. The van der Waals surface area contributed by atoms with Gasteiger partial charge in [0.2, 0.25) is 0 Å². The average molecular weight is 323 g/mol. The van der Waals surface area contributed by atoms with Gasteiger partial charge in [-0.25, -0.2) is 9.82 Å². The number of hydrogen-bond acceptors (Lipinski definition) is 2. The highest BCUT2D eigenvalue weighted by atomic mass is 79.9. The molecular weight excluding hydrogens is 307 g/mol. The van der Waals surface area contributed by atoms with Gasteiger partial charge in [0.1, 0.15) is 5.82 Å². The van der Waals surface area contributed by atoms with Gasteiger partial charge >= 0.3 is 0 Å². The third-order valence-electron chi connectivity index (χ3n) is 3.18. The lowest BCUT2D eigenvalue weighted by Gasteiger charge is -2.20. The molecule has 2 rings (SSSR count). The molecule has 100 valence electrons. The van der Waals surface area contributed by atoms with Gasteiger partial charge in [0.05, 0.1) is 6.04 Å². The fraction of sp³-hybridized carbons (Fsp3) is 0.200. The zero-order valence-corrected chi connectivity index (χ0v) is 12.5. The van der Waals surface area contributed by atoms with Crippen molar-refractivity contribution in [3.63, 3.8) is 0 Å². The number of rotatable bonds is 3. The SMILES string of the molecule is Cc1ccc(C(NN)c2ccc(F)cc2Br)c(C)c1. The molecule has 1 atom stereocenters. The number of aryl methyl sites for hydroxylation is 2. The molecule has 2 nitrogen and oxygen atoms in total. The van der Waals surface area contributed by atoms with Crippen LogP contribution in [0.15, 0.2) is 40.9 Å². The van der Waals surface area contributed by atoms with Gasteiger partial charge in [-0.1, -0.05) is 45.8 Å². The Morgan fingerprint density at radius 3 is 2.37 bits per heavy atom. The number of halogens is 2. The Hall–Kier alpha value is -1.23. The fourth-order valence-corrected chi connectivity index (χ4v) is 2.81. The third kappa shape index (κ3) is 3.03. The van der Waals surface area contributed by atoms with Crippen LogP contribution in [0.4, 0.5) is 4.39 Å². The molecule has 0 aromatic heterocycles. The number of hydrogen-bond donors (Lipinski definition) is 2. The molecule has 0 aliphatic heterocycles. The molecule has 0 fully saturated rings. The maximum atomic E-state index is 13.2. The first kappa shape index (κ1) is 14.2. The quantitative estimate of drug-likeness (QED) is 0.667. The maximum absolute atomic E-state index is 13.2. The van der Waals surface area contributed by atoms with E-state index in [4.69, 9.17) is 5.84 Å². The second-order valence-electron chi connectivity index (χ2n) is 4.63. The molecule has 2 aromatic carbocycles. The van der Waals surface area contributed by atoms with Crippen LogP contribution < -0.4 is 11.3 Å². The van der Waals surface area contributed by atoms with Crippen LogP contribution in [0.1, 0.15) is 28.3 Å². The molecule has 19 heavy (non-hydrogen) atoms. The normalized spacial score (nSPS) is 12.5. The van der Waals surface area contributed by atoms with Gasteiger partial charge in [0.15, 0.2) is 0 Å². The predicted molar refractivity (Wildman–Crippen MR) is 79.2 cm³/mol. The number of benzene rings is 2. The first-order valence-corrected chi connectivity index (χ1v) is 6.80. The van der Waals surface area contributed by atoms with Crippen LogP contribution in [0.2, 0.25) is 0 Å². The largest absolute Gasteiger partial charge is 0.271 e. The van der Waals surface area contributed by atoms with Crippen molar-refractivity contribution in [2.24, 2.45) is 5.84 Å². The molecule has 0 saturated heterocycles. The van der Waals surface area contributed by atoms with E-state index in [1.165, 1.54) is 17.7 Å². The van der Waals surface area contributed by atoms with Crippen LogP contribution in [-0.2, 0) is 0 Å². The molecule has 1 unspecified atom stereocenters. The maximum Gasteiger partial charge on any atom is 0.124 e. The fourth-order valence-electron chi connectivity index (χ4n) is 2.23. The number of nitrogens with one attached hydrogen (secondary N) is 1. The predicted octanol–water partition coefficient (Wildman–Crippen LogP) is 3.76. The minimum absolute atomic E-state index is 0.171. The van der Waals surface area contributed by atoms with Gasteiger partial charge in [-0.2, -0.15) is 0 Å². The minimum atomic E-state index is -0.271. The minimum Gasteiger partial charge on any atom is -0.271 e. The van der Waals surface area contributed by atoms with E-state index in [2.05, 4.69) is 34.3 Å². The summed E-state index contributed by atoms with van der Waals surface area (Å²) in [5.74, 6) is 5.41. The summed E-state index contributed by atoms with van der Waals surface area (Å²) in [7, 11) is 0. The zero-order valence-electron chi connectivity index (χ0n) is 10.9. The van der Waals surface area contributed by atoms with Crippen LogP contribution in [0.25, 0.3) is 0 Å². The van der Waals surface area contributed by atoms with Crippen LogP contribution in [0, 0.1) is 19.7 Å². The van der Waals surface area contributed by atoms with E-state index in [9.17, 15) is 4.39 Å². The smallest absolute Gasteiger partial charge is 0.124 e. The second-order valence-corrected chi connectivity index (χ2v) is 5.48. The highest BCUT2D eigenvalue weighted by Crippen LogP contribution is 2.30. The van der Waals surface area contributed by atoms with E-state index in [0.717, 1.165) is 16.7 Å². The summed E-state index contributed by atoms with van der Waals surface area (Å²) in [6.07, 6.45) is 0. The molecule has 0 saturated carbocycles. The van der Waals surface area contributed by atoms with Gasteiger partial charge in [0.25, 0.3) is 0 Å². The van der Waals surface area contributed by atoms with E-state index < -0.39 is 0 Å². The lowest BCUT2D eigenvalue weighted by atomic mass is 9.94. The van der Waals surface area contributed by atoms with Crippen molar-refractivity contribution in [1.82, 2.24) is 5.43 Å². The van der Waals surface area contributed by atoms with Crippen molar-refractivity contribution in [1.29, 1.82) is 0 Å². The Morgan fingerprint density at radius 1 is 1.11 bits per heavy atom. The topological polar surface area (TPSA) is 38.0 Å². The van der Waals surface area contributed by atoms with Crippen molar-refractivity contribution >= 4 is 15.9 Å². The van der Waals surface area contributed by atoms with Gasteiger partial charge in [-0.05, 0) is 42.7 Å². The van der Waals surface area contributed by atoms with E-state index >= 15 is 0 Å². The summed E-state index contributed by atoms with van der Waals surface area (Å²) in [6.45, 7) is 4.10. The third-order valence-corrected chi connectivity index (χ3v) is 3.86. The molecule has 0 bridgehead atoms. The Kier molecular flexibility index (Phi) is 4.34. The molecule has 3 N–H and O–H groups in total. The van der Waals surface area contributed by atoms with Crippen LogP contribution in [0.5, 0.6) is 0 Å². The summed E-state index contributed by atoms with van der Waals surface area (Å²) in [4.78, 5) is 0. The van der Waals surface area contributed by atoms with Crippen molar-refractivity contribution < 1.29 is 4.39 Å². The molecule has 0 aliphatic carbocycles. The summed E-state index contributed by atoms with van der Waals surface area (Å²) in [6, 6.07) is 10.7. The standard InChI is InChI=1S/C15H16BrFN2/c1-9-3-5-12(10(2)7-9)15(19-18)13-6-4-11(17)8-14(13)16/h3-8,15,19H,18H2,1-2H3. The second kappa shape index (κ2) is 5.82. The molecule has 0 spiro atoms. The van der Waals surface area contributed by atoms with Crippen LogP contribution >= 0.6 is 15.9 Å². The van der Waals surface area contributed by atoms with Crippen molar-refractivity contribution in [3.05, 3.63) is 68.9 Å². The van der Waals surface area contributed by atoms with Gasteiger partial charge in [-0.3, -0.25) is 5.84 Å². The van der Waals surface area contributed by atoms with E-state index in [0.29, 0.717) is 4.47 Å². The molecular formula is C15H16BrFN2. The lowest BCUT2D eigenvalue weighted by Crippen LogP contribution is -2.29. The molecule has 0 radical (unpaired) electrons. The summed E-state index contributed by atoms with van der Waals surface area (Å²) < 4.78 is 13.9. The van der Waals surface area contributed by atoms with Gasteiger partial charge in [-0.15, -0.1) is 0 Å². The number of hydrazine groups is 1. The summed E-state index contributed by atoms with van der Waals surface area (Å²) >= 11 is 3.39.